The van der Waals surface area contributed by atoms with E-state index in [2.05, 4.69) is 11.4 Å². The predicted octanol–water partition coefficient (Wildman–Crippen LogP) is 2.70. The second-order valence-electron chi connectivity index (χ2n) is 6.08. The van der Waals surface area contributed by atoms with E-state index in [1.54, 1.807) is 7.11 Å². The Morgan fingerprint density at radius 1 is 1.41 bits per heavy atom. The lowest BCUT2D eigenvalue weighted by Gasteiger charge is -2.30. The second-order valence-corrected chi connectivity index (χ2v) is 6.08. The van der Waals surface area contributed by atoms with Crippen LogP contribution < -0.4 is 15.8 Å². The highest BCUT2D eigenvalue weighted by molar-refractivity contribution is 5.89. The van der Waals surface area contributed by atoms with Gasteiger partial charge in [-0.1, -0.05) is 25.0 Å². The average Bonchev–Trinajstić information content (AvgIpc) is 2.98. The lowest BCUT2D eigenvalue weighted by Crippen LogP contribution is -2.48. The zero-order valence-electron chi connectivity index (χ0n) is 13.6. The molecular weight excluding hydrogens is 300 g/mol. The summed E-state index contributed by atoms with van der Waals surface area (Å²) in [5, 5.41) is 3.06. The van der Waals surface area contributed by atoms with Crippen LogP contribution in [0.5, 0.6) is 5.75 Å². The van der Waals surface area contributed by atoms with Crippen LogP contribution in [0.4, 0.5) is 0 Å². The van der Waals surface area contributed by atoms with Gasteiger partial charge in [-0.2, -0.15) is 0 Å². The third kappa shape index (κ3) is 3.55. The van der Waals surface area contributed by atoms with Crippen molar-refractivity contribution in [3.8, 4) is 5.75 Å². The summed E-state index contributed by atoms with van der Waals surface area (Å²) in [5.41, 5.74) is 7.35. The van der Waals surface area contributed by atoms with Crippen molar-refractivity contribution >= 4 is 18.3 Å². The Bertz CT molecular complexity index is 513. The largest absolute Gasteiger partial charge is 0.496 e. The van der Waals surface area contributed by atoms with Crippen molar-refractivity contribution in [2.75, 3.05) is 13.7 Å². The molecule has 0 radical (unpaired) electrons. The molecule has 22 heavy (non-hydrogen) atoms. The quantitative estimate of drug-likeness (QED) is 0.874. The van der Waals surface area contributed by atoms with E-state index in [9.17, 15) is 4.79 Å². The predicted molar refractivity (Wildman–Crippen MR) is 91.8 cm³/mol. The van der Waals surface area contributed by atoms with E-state index in [0.29, 0.717) is 6.54 Å². The number of methoxy groups -OCH3 is 1. The zero-order valence-corrected chi connectivity index (χ0v) is 14.5. The molecule has 1 atom stereocenters. The molecule has 1 aromatic rings. The van der Waals surface area contributed by atoms with Crippen molar-refractivity contribution in [1.82, 2.24) is 5.32 Å². The first-order valence-electron chi connectivity index (χ1n) is 7.69. The van der Waals surface area contributed by atoms with Crippen LogP contribution in [0.25, 0.3) is 0 Å². The van der Waals surface area contributed by atoms with Gasteiger partial charge < -0.3 is 15.8 Å². The van der Waals surface area contributed by atoms with E-state index in [1.807, 2.05) is 26.0 Å². The molecule has 0 unspecified atom stereocenters. The Hall–Kier alpha value is -1.26. The molecule has 1 fully saturated rings. The summed E-state index contributed by atoms with van der Waals surface area (Å²) in [4.78, 5) is 12.8. The molecule has 1 aromatic carbocycles. The molecule has 1 saturated carbocycles. The molecule has 0 aromatic heterocycles. The highest BCUT2D eigenvalue weighted by Gasteiger charge is 2.43. The molecule has 0 spiro atoms. The van der Waals surface area contributed by atoms with Crippen LogP contribution in [0.2, 0.25) is 0 Å². The average molecular weight is 327 g/mol. The number of carbonyl (C=O) groups excluding carboxylic acids is 1. The summed E-state index contributed by atoms with van der Waals surface area (Å²) in [5.74, 6) is 0.947. The Labute approximate surface area is 139 Å². The number of hydrogen-bond donors (Lipinski definition) is 2. The molecule has 1 aliphatic carbocycles. The van der Waals surface area contributed by atoms with Crippen molar-refractivity contribution in [2.45, 2.75) is 51.0 Å². The minimum Gasteiger partial charge on any atom is -0.496 e. The van der Waals surface area contributed by atoms with Gasteiger partial charge in [0.2, 0.25) is 5.91 Å². The first kappa shape index (κ1) is 18.8. The highest BCUT2D eigenvalue weighted by atomic mass is 35.5. The van der Waals surface area contributed by atoms with Crippen molar-refractivity contribution in [1.29, 1.82) is 0 Å². The summed E-state index contributed by atoms with van der Waals surface area (Å²) in [7, 11) is 1.67. The number of ether oxygens (including phenoxy) is 1. The standard InChI is InChI=1S/C17H26N2O2.ClH/c1-12-6-7-14(10-15(12)21-3)17(8-4-5-9-17)16(20)19-13(2)11-18;/h6-7,10,13H,4-5,8-9,11,18H2,1-3H3,(H,19,20);1H/t13-;/m0./s1. The lowest BCUT2D eigenvalue weighted by atomic mass is 9.77. The Kier molecular flexibility index (Phi) is 6.69. The van der Waals surface area contributed by atoms with Crippen LogP contribution in [-0.4, -0.2) is 25.6 Å². The number of nitrogens with one attached hydrogen (secondary N) is 1. The maximum atomic E-state index is 12.8. The van der Waals surface area contributed by atoms with Gasteiger partial charge >= 0.3 is 0 Å². The third-order valence-corrected chi connectivity index (χ3v) is 4.58. The number of halogens is 1. The smallest absolute Gasteiger partial charge is 0.230 e. The molecule has 0 aliphatic heterocycles. The molecule has 0 saturated heterocycles. The van der Waals surface area contributed by atoms with E-state index in [4.69, 9.17) is 10.5 Å². The zero-order chi connectivity index (χ0) is 15.5. The first-order valence-corrected chi connectivity index (χ1v) is 7.69. The van der Waals surface area contributed by atoms with Gasteiger partial charge in [-0.25, -0.2) is 0 Å². The van der Waals surface area contributed by atoms with Crippen LogP contribution in [0, 0.1) is 6.92 Å². The SMILES string of the molecule is COc1cc(C2(C(=O)N[C@@H](C)CN)CCCC2)ccc1C.Cl. The summed E-state index contributed by atoms with van der Waals surface area (Å²) >= 11 is 0. The molecule has 0 heterocycles. The number of carbonyl (C=O) groups is 1. The maximum absolute atomic E-state index is 12.8. The van der Waals surface area contributed by atoms with Crippen LogP contribution in [-0.2, 0) is 10.2 Å². The van der Waals surface area contributed by atoms with Crippen LogP contribution in [0.15, 0.2) is 18.2 Å². The van der Waals surface area contributed by atoms with E-state index >= 15 is 0 Å². The van der Waals surface area contributed by atoms with Gasteiger partial charge in [-0.15, -0.1) is 12.4 Å². The van der Waals surface area contributed by atoms with Crippen LogP contribution in [0.3, 0.4) is 0 Å². The van der Waals surface area contributed by atoms with E-state index < -0.39 is 5.41 Å². The monoisotopic (exact) mass is 326 g/mol. The third-order valence-electron chi connectivity index (χ3n) is 4.58. The molecule has 124 valence electrons. The molecule has 5 heteroatoms. The molecule has 2 rings (SSSR count). The summed E-state index contributed by atoms with van der Waals surface area (Å²) in [6.45, 7) is 4.41. The summed E-state index contributed by atoms with van der Waals surface area (Å²) in [6.07, 6.45) is 3.95. The maximum Gasteiger partial charge on any atom is 0.230 e. The van der Waals surface area contributed by atoms with Gasteiger partial charge in [0.15, 0.2) is 0 Å². The van der Waals surface area contributed by atoms with Gasteiger partial charge in [-0.05, 0) is 43.9 Å². The molecule has 1 amide bonds. The second kappa shape index (κ2) is 7.84. The van der Waals surface area contributed by atoms with Gasteiger partial charge in [0, 0.05) is 12.6 Å². The summed E-state index contributed by atoms with van der Waals surface area (Å²) in [6, 6.07) is 6.12. The highest BCUT2D eigenvalue weighted by Crippen LogP contribution is 2.42. The molecular formula is C17H27ClN2O2. The topological polar surface area (TPSA) is 64.3 Å². The minimum absolute atomic E-state index is 0. The van der Waals surface area contributed by atoms with Gasteiger partial charge in [0.1, 0.15) is 5.75 Å². The fourth-order valence-corrected chi connectivity index (χ4v) is 3.16. The Morgan fingerprint density at radius 3 is 2.59 bits per heavy atom. The van der Waals surface area contributed by atoms with Crippen molar-refractivity contribution in [3.05, 3.63) is 29.3 Å². The first-order chi connectivity index (χ1) is 10.0. The molecule has 4 nitrogen and oxygen atoms in total. The number of nitrogens with two attached hydrogens (primary N) is 1. The van der Waals surface area contributed by atoms with Gasteiger partial charge in [0.05, 0.1) is 12.5 Å². The van der Waals surface area contributed by atoms with E-state index in [-0.39, 0.29) is 24.4 Å². The number of amides is 1. The molecule has 1 aliphatic rings. The number of hydrogen-bond acceptors (Lipinski definition) is 3. The van der Waals surface area contributed by atoms with Crippen LogP contribution >= 0.6 is 12.4 Å². The number of rotatable bonds is 5. The van der Waals surface area contributed by atoms with Crippen molar-refractivity contribution in [2.24, 2.45) is 5.73 Å². The van der Waals surface area contributed by atoms with Crippen molar-refractivity contribution in [3.63, 3.8) is 0 Å². The van der Waals surface area contributed by atoms with E-state index in [1.165, 1.54) is 0 Å². The van der Waals surface area contributed by atoms with E-state index in [0.717, 1.165) is 42.6 Å². The fraction of sp³-hybridized carbons (Fsp3) is 0.588. The van der Waals surface area contributed by atoms with Gasteiger partial charge in [-0.3, -0.25) is 4.79 Å². The Morgan fingerprint density at radius 2 is 2.05 bits per heavy atom. The summed E-state index contributed by atoms with van der Waals surface area (Å²) < 4.78 is 5.42. The van der Waals surface area contributed by atoms with Crippen LogP contribution in [0.1, 0.15) is 43.7 Å². The number of benzene rings is 1. The fourth-order valence-electron chi connectivity index (χ4n) is 3.16. The minimum atomic E-state index is -0.426. The Balaban J connectivity index is 0.00000242. The molecule has 0 bridgehead atoms. The lowest BCUT2D eigenvalue weighted by molar-refractivity contribution is -0.127. The van der Waals surface area contributed by atoms with Gasteiger partial charge in [0.25, 0.3) is 0 Å². The normalized spacial score (nSPS) is 17.5. The van der Waals surface area contributed by atoms with Crippen molar-refractivity contribution < 1.29 is 9.53 Å². The molecule has 3 N–H and O–H groups in total. The number of aryl methyl sites for hydroxylation is 1.